The van der Waals surface area contributed by atoms with Crippen molar-refractivity contribution in [3.8, 4) is 0 Å². The zero-order valence-corrected chi connectivity index (χ0v) is 15.0. The van der Waals surface area contributed by atoms with Gasteiger partial charge in [-0.2, -0.15) is 0 Å². The number of nitrogens with zero attached hydrogens (tertiary/aromatic N) is 3. The minimum Gasteiger partial charge on any atom is -0.365 e. The van der Waals surface area contributed by atoms with Gasteiger partial charge in [0.1, 0.15) is 5.82 Å². The summed E-state index contributed by atoms with van der Waals surface area (Å²) in [5.41, 5.74) is 1.65. The number of likely N-dealkylation sites (N-methyl/N-ethyl adjacent to an activating group) is 1. The second kappa shape index (κ2) is 7.74. The number of aromatic nitrogens is 2. The van der Waals surface area contributed by atoms with E-state index in [9.17, 15) is 8.78 Å². The van der Waals surface area contributed by atoms with Crippen LogP contribution in [0.4, 0.5) is 14.6 Å². The molecule has 0 aliphatic carbocycles. The van der Waals surface area contributed by atoms with Gasteiger partial charge >= 0.3 is 0 Å². The number of anilines is 1. The number of fused-ring (bicyclic) bond motifs is 1. The Balaban J connectivity index is 1.99. The fourth-order valence-electron chi connectivity index (χ4n) is 3.28. The van der Waals surface area contributed by atoms with Crippen molar-refractivity contribution in [3.63, 3.8) is 0 Å². The Morgan fingerprint density at radius 2 is 1.58 bits per heavy atom. The van der Waals surface area contributed by atoms with Gasteiger partial charge < -0.3 is 10.2 Å². The number of nitrogens with one attached hydrogen (secondary N) is 1. The second-order valence-corrected chi connectivity index (χ2v) is 6.50. The van der Waals surface area contributed by atoms with E-state index >= 15 is 0 Å². The number of hydrogen-bond donors (Lipinski definition) is 1. The lowest BCUT2D eigenvalue weighted by Crippen LogP contribution is -2.34. The third kappa shape index (κ3) is 3.80. The Morgan fingerprint density at radius 1 is 0.923 bits per heavy atom. The molecule has 0 aliphatic rings. The van der Waals surface area contributed by atoms with E-state index in [1.165, 1.54) is 0 Å². The fraction of sp³-hybridized carbons (Fsp3) is 0.300. The molecule has 0 bridgehead atoms. The molecule has 4 nitrogen and oxygen atoms in total. The predicted molar refractivity (Wildman–Crippen MR) is 100 cm³/mol. The summed E-state index contributed by atoms with van der Waals surface area (Å²) in [6, 6.07) is 17.3. The minimum atomic E-state index is -2.71. The Kier molecular flexibility index (Phi) is 5.42. The van der Waals surface area contributed by atoms with Crippen molar-refractivity contribution in [2.45, 2.75) is 25.4 Å². The normalized spacial score (nSPS) is 14.0. The molecule has 3 aromatic rings. The Labute approximate surface area is 151 Å². The molecule has 0 fully saturated rings. The van der Waals surface area contributed by atoms with Gasteiger partial charge in [0.05, 0.1) is 11.6 Å². The van der Waals surface area contributed by atoms with Crippen LogP contribution in [0, 0.1) is 0 Å². The summed E-state index contributed by atoms with van der Waals surface area (Å²) in [5.74, 6) is -0.0271. The zero-order valence-electron chi connectivity index (χ0n) is 15.0. The molecule has 2 atom stereocenters. The molecule has 136 valence electrons. The van der Waals surface area contributed by atoms with E-state index in [-0.39, 0.29) is 12.1 Å². The lowest BCUT2D eigenvalue weighted by molar-refractivity contribution is 0.141. The monoisotopic (exact) mass is 356 g/mol. The Hall–Kier alpha value is -2.60. The molecular formula is C20H22F2N4. The van der Waals surface area contributed by atoms with Gasteiger partial charge in [-0.25, -0.2) is 18.7 Å². The summed E-state index contributed by atoms with van der Waals surface area (Å²) in [6.45, 7) is 2.02. The molecule has 1 aromatic heterocycles. The quantitative estimate of drug-likeness (QED) is 0.697. The molecule has 0 unspecified atom stereocenters. The standard InChI is InChI=1S/C20H22F2N4/c1-13(17(26(2)3)14-9-5-4-6-10-14)23-19-15-11-7-8-12-16(15)24-20(25-19)18(21)22/h4-13,17-18H,1-3H3,(H,23,24,25)/t13-,17-/m1/s1. The van der Waals surface area contributed by atoms with Crippen molar-refractivity contribution in [1.29, 1.82) is 0 Å². The largest absolute Gasteiger partial charge is 0.365 e. The van der Waals surface area contributed by atoms with Crippen molar-refractivity contribution >= 4 is 16.7 Å². The molecule has 0 saturated carbocycles. The smallest absolute Gasteiger partial charge is 0.297 e. The zero-order chi connectivity index (χ0) is 18.7. The molecule has 0 spiro atoms. The fourth-order valence-corrected chi connectivity index (χ4v) is 3.28. The summed E-state index contributed by atoms with van der Waals surface area (Å²) in [5, 5.41) is 4.06. The maximum absolute atomic E-state index is 13.2. The first kappa shape index (κ1) is 18.2. The van der Waals surface area contributed by atoms with Crippen LogP contribution in [0.2, 0.25) is 0 Å². The maximum atomic E-state index is 13.2. The number of alkyl halides is 2. The van der Waals surface area contributed by atoms with Gasteiger partial charge in [-0.15, -0.1) is 0 Å². The van der Waals surface area contributed by atoms with Crippen molar-refractivity contribution < 1.29 is 8.78 Å². The van der Waals surface area contributed by atoms with Crippen molar-refractivity contribution in [1.82, 2.24) is 14.9 Å². The Bertz CT molecular complexity index is 868. The van der Waals surface area contributed by atoms with Crippen molar-refractivity contribution in [3.05, 3.63) is 66.0 Å². The number of halogens is 2. The predicted octanol–water partition coefficient (Wildman–Crippen LogP) is 4.67. The molecule has 1 heterocycles. The van der Waals surface area contributed by atoms with Crippen LogP contribution in [0.1, 0.15) is 30.8 Å². The van der Waals surface area contributed by atoms with Gasteiger partial charge in [-0.1, -0.05) is 42.5 Å². The number of para-hydroxylation sites is 1. The molecule has 26 heavy (non-hydrogen) atoms. The van der Waals surface area contributed by atoms with Crippen LogP contribution in [0.5, 0.6) is 0 Å². The molecular weight excluding hydrogens is 334 g/mol. The van der Waals surface area contributed by atoms with Crippen LogP contribution >= 0.6 is 0 Å². The van der Waals surface area contributed by atoms with Gasteiger partial charge in [-0.3, -0.25) is 0 Å². The third-order valence-electron chi connectivity index (χ3n) is 4.35. The van der Waals surface area contributed by atoms with E-state index in [1.54, 1.807) is 12.1 Å². The first-order valence-electron chi connectivity index (χ1n) is 8.50. The van der Waals surface area contributed by atoms with Crippen molar-refractivity contribution in [2.75, 3.05) is 19.4 Å². The number of benzene rings is 2. The SMILES string of the molecule is C[C@@H](Nc1nc(C(F)F)nc2ccccc12)[C@H](c1ccccc1)N(C)C. The molecule has 0 amide bonds. The van der Waals surface area contributed by atoms with Crippen LogP contribution in [-0.4, -0.2) is 35.0 Å². The van der Waals surface area contributed by atoms with Gasteiger partial charge in [0.25, 0.3) is 6.43 Å². The summed E-state index contributed by atoms with van der Waals surface area (Å²) in [4.78, 5) is 10.2. The lowest BCUT2D eigenvalue weighted by atomic mass is 9.99. The first-order chi connectivity index (χ1) is 12.5. The van der Waals surface area contributed by atoms with Gasteiger partial charge in [0.15, 0.2) is 5.82 Å². The summed E-state index contributed by atoms with van der Waals surface area (Å²) in [6.07, 6.45) is -2.71. The van der Waals surface area contributed by atoms with E-state index in [1.807, 2.05) is 51.4 Å². The van der Waals surface area contributed by atoms with Gasteiger partial charge in [0, 0.05) is 11.4 Å². The minimum absolute atomic E-state index is 0.0555. The molecule has 0 aliphatic heterocycles. The van der Waals surface area contributed by atoms with Crippen LogP contribution in [0.3, 0.4) is 0 Å². The highest BCUT2D eigenvalue weighted by Crippen LogP contribution is 2.28. The van der Waals surface area contributed by atoms with Gasteiger partial charge in [-0.05, 0) is 38.7 Å². The lowest BCUT2D eigenvalue weighted by Gasteiger charge is -2.31. The van der Waals surface area contributed by atoms with E-state index in [0.717, 1.165) is 10.9 Å². The van der Waals surface area contributed by atoms with Gasteiger partial charge in [0.2, 0.25) is 0 Å². The molecule has 0 radical (unpaired) electrons. The van der Waals surface area contributed by atoms with Crippen LogP contribution in [0.25, 0.3) is 10.9 Å². The van der Waals surface area contributed by atoms with E-state index < -0.39 is 12.2 Å². The summed E-state index contributed by atoms with van der Waals surface area (Å²) in [7, 11) is 4.00. The Morgan fingerprint density at radius 3 is 2.23 bits per heavy atom. The first-order valence-corrected chi connectivity index (χ1v) is 8.50. The topological polar surface area (TPSA) is 41.1 Å². The average molecular weight is 356 g/mol. The third-order valence-corrected chi connectivity index (χ3v) is 4.35. The van der Waals surface area contributed by atoms with E-state index in [2.05, 4.69) is 32.3 Å². The molecule has 3 rings (SSSR count). The van der Waals surface area contributed by atoms with E-state index in [0.29, 0.717) is 11.3 Å². The van der Waals surface area contributed by atoms with E-state index in [4.69, 9.17) is 0 Å². The molecule has 1 N–H and O–H groups in total. The molecule has 6 heteroatoms. The summed E-state index contributed by atoms with van der Waals surface area (Å²) >= 11 is 0. The highest BCUT2D eigenvalue weighted by Gasteiger charge is 2.23. The second-order valence-electron chi connectivity index (χ2n) is 6.50. The molecule has 2 aromatic carbocycles. The molecule has 0 saturated heterocycles. The maximum Gasteiger partial charge on any atom is 0.297 e. The highest BCUT2D eigenvalue weighted by atomic mass is 19.3. The van der Waals surface area contributed by atoms with Crippen LogP contribution in [0.15, 0.2) is 54.6 Å². The van der Waals surface area contributed by atoms with Crippen molar-refractivity contribution in [2.24, 2.45) is 0 Å². The van der Waals surface area contributed by atoms with Crippen LogP contribution in [-0.2, 0) is 0 Å². The summed E-state index contributed by atoms with van der Waals surface area (Å²) < 4.78 is 26.4. The number of rotatable bonds is 6. The number of hydrogen-bond acceptors (Lipinski definition) is 4. The average Bonchev–Trinajstić information content (AvgIpc) is 2.62. The van der Waals surface area contributed by atoms with Crippen LogP contribution < -0.4 is 5.32 Å². The highest BCUT2D eigenvalue weighted by molar-refractivity contribution is 5.89.